The van der Waals surface area contributed by atoms with Crippen LogP contribution in [0.1, 0.15) is 101 Å². The lowest BCUT2D eigenvalue weighted by atomic mass is 9.96. The van der Waals surface area contributed by atoms with Gasteiger partial charge < -0.3 is 15.4 Å². The van der Waals surface area contributed by atoms with Gasteiger partial charge in [-0.15, -0.1) is 11.3 Å². The number of nitrogens with one attached hydrogen (secondary N) is 2. The van der Waals surface area contributed by atoms with Crippen LogP contribution in [0.3, 0.4) is 0 Å². The molecule has 0 bridgehead atoms. The summed E-state index contributed by atoms with van der Waals surface area (Å²) in [7, 11) is 0. The van der Waals surface area contributed by atoms with Crippen LogP contribution in [-0.4, -0.2) is 40.5 Å². The lowest BCUT2D eigenvalue weighted by Gasteiger charge is -2.23. The van der Waals surface area contributed by atoms with Crippen molar-refractivity contribution in [2.45, 2.75) is 114 Å². The van der Waals surface area contributed by atoms with Crippen LogP contribution in [-0.2, 0) is 14.3 Å². The topological polar surface area (TPSA) is 93.2 Å². The van der Waals surface area contributed by atoms with Gasteiger partial charge in [0.25, 0.3) is 5.91 Å². The van der Waals surface area contributed by atoms with Gasteiger partial charge in [-0.3, -0.25) is 14.6 Å². The number of thiazole rings is 1. The van der Waals surface area contributed by atoms with E-state index in [1.54, 1.807) is 0 Å². The average molecular weight is 631 g/mol. The molecule has 3 unspecified atom stereocenters. The number of anilines is 1. The van der Waals surface area contributed by atoms with Crippen molar-refractivity contribution in [1.82, 2.24) is 15.3 Å². The molecular formula is C34H54N4O3S2. The number of pyridine rings is 1. The minimum atomic E-state index is -0.325. The molecule has 2 heterocycles. The molecule has 2 rings (SSSR count). The summed E-state index contributed by atoms with van der Waals surface area (Å²) in [5.74, 6) is 0.216. The molecule has 0 spiro atoms. The number of hydrogen-bond acceptors (Lipinski definition) is 7. The minimum Gasteiger partial charge on any atom is -0.376 e. The predicted octanol–water partition coefficient (Wildman–Crippen LogP) is 9.17. The minimum absolute atomic E-state index is 0.0569. The van der Waals surface area contributed by atoms with Crippen molar-refractivity contribution in [2.24, 2.45) is 11.3 Å². The van der Waals surface area contributed by atoms with E-state index in [1.807, 2.05) is 56.5 Å². The second kappa shape index (κ2) is 19.7. The van der Waals surface area contributed by atoms with E-state index in [2.05, 4.69) is 76.0 Å². The number of thioether (sulfide) groups is 1. The number of nitrogens with zero attached hydrogens (tertiary/aromatic N) is 2. The number of aryl methyl sites for hydroxylation is 1. The van der Waals surface area contributed by atoms with Gasteiger partial charge in [0.15, 0.2) is 5.13 Å². The van der Waals surface area contributed by atoms with Gasteiger partial charge in [-0.1, -0.05) is 84.9 Å². The number of allylic oxidation sites excluding steroid dienone is 3. The smallest absolute Gasteiger partial charge is 0.258 e. The van der Waals surface area contributed by atoms with Crippen LogP contribution in [0.25, 0.3) is 11.4 Å². The molecule has 0 aliphatic carbocycles. The van der Waals surface area contributed by atoms with Crippen molar-refractivity contribution in [1.29, 1.82) is 0 Å². The third-order valence-corrected chi connectivity index (χ3v) is 9.01. The largest absolute Gasteiger partial charge is 0.376 e. The first-order chi connectivity index (χ1) is 20.2. The first-order valence-corrected chi connectivity index (χ1v) is 17.1. The summed E-state index contributed by atoms with van der Waals surface area (Å²) >= 11 is 2.77. The number of rotatable bonds is 14. The number of aromatic nitrogens is 2. The molecule has 2 amide bonds. The van der Waals surface area contributed by atoms with E-state index >= 15 is 0 Å². The Bertz CT molecular complexity index is 1190. The summed E-state index contributed by atoms with van der Waals surface area (Å²) in [5, 5.41) is 7.77. The van der Waals surface area contributed by atoms with Gasteiger partial charge >= 0.3 is 0 Å². The van der Waals surface area contributed by atoms with Crippen molar-refractivity contribution < 1.29 is 14.3 Å². The van der Waals surface area contributed by atoms with Crippen LogP contribution in [0, 0.1) is 18.3 Å². The Morgan fingerprint density at radius 1 is 1.05 bits per heavy atom. The van der Waals surface area contributed by atoms with E-state index in [9.17, 15) is 9.59 Å². The van der Waals surface area contributed by atoms with Crippen molar-refractivity contribution >= 4 is 40.0 Å². The Kier molecular flexibility index (Phi) is 17.7. The molecule has 0 aromatic carbocycles. The maximum atomic E-state index is 12.7. The van der Waals surface area contributed by atoms with Crippen LogP contribution < -0.4 is 10.6 Å². The van der Waals surface area contributed by atoms with E-state index in [4.69, 9.17) is 4.74 Å². The molecular weight excluding hydrogens is 577 g/mol. The van der Waals surface area contributed by atoms with Crippen LogP contribution >= 0.6 is 23.1 Å². The Morgan fingerprint density at radius 2 is 1.74 bits per heavy atom. The second-order valence-electron chi connectivity index (χ2n) is 11.8. The Balaban J connectivity index is 0.000000650. The summed E-state index contributed by atoms with van der Waals surface area (Å²) in [6.07, 6.45) is 9.06. The predicted molar refractivity (Wildman–Crippen MR) is 185 cm³/mol. The average Bonchev–Trinajstić information content (AvgIpc) is 3.41. The zero-order chi connectivity index (χ0) is 32.6. The van der Waals surface area contributed by atoms with Crippen molar-refractivity contribution in [3.05, 3.63) is 51.2 Å². The van der Waals surface area contributed by atoms with Gasteiger partial charge in [0.2, 0.25) is 5.91 Å². The highest BCUT2D eigenvalue weighted by molar-refractivity contribution is 8.07. The van der Waals surface area contributed by atoms with Gasteiger partial charge in [-0.2, -0.15) is 0 Å². The molecule has 0 saturated carbocycles. The Morgan fingerprint density at radius 3 is 2.30 bits per heavy atom. The molecule has 2 aromatic rings. The molecule has 3 atom stereocenters. The maximum absolute atomic E-state index is 12.7. The van der Waals surface area contributed by atoms with Crippen molar-refractivity contribution in [3.63, 3.8) is 0 Å². The Hall–Kier alpha value is -2.49. The van der Waals surface area contributed by atoms with Crippen LogP contribution in [0.2, 0.25) is 0 Å². The monoisotopic (exact) mass is 630 g/mol. The van der Waals surface area contributed by atoms with E-state index in [0.717, 1.165) is 35.1 Å². The fourth-order valence-electron chi connectivity index (χ4n) is 3.96. The van der Waals surface area contributed by atoms with E-state index in [0.29, 0.717) is 27.9 Å². The van der Waals surface area contributed by atoms with Gasteiger partial charge in [-0.25, -0.2) is 4.98 Å². The van der Waals surface area contributed by atoms with Crippen molar-refractivity contribution in [2.75, 3.05) is 11.9 Å². The van der Waals surface area contributed by atoms with Crippen LogP contribution in [0.4, 0.5) is 5.13 Å². The highest BCUT2D eigenvalue weighted by Crippen LogP contribution is 2.38. The molecule has 2 N–H and O–H groups in total. The third-order valence-electron chi connectivity index (χ3n) is 6.62. The Labute approximate surface area is 268 Å². The SMILES string of the molecule is C/C=C(\S/C(=C/CC)C(=O)NCC(=O)Nc1nc(-c2cccc(C)n2)cs1)C(C)(C)C.CCC(C)CC(C)OC(C)CC. The summed E-state index contributed by atoms with van der Waals surface area (Å²) in [4.78, 5) is 35.5. The normalized spacial score (nSPS) is 14.3. The van der Waals surface area contributed by atoms with E-state index in [1.165, 1.54) is 35.9 Å². The maximum Gasteiger partial charge on any atom is 0.258 e. The molecule has 7 nitrogen and oxygen atoms in total. The highest BCUT2D eigenvalue weighted by atomic mass is 32.2. The van der Waals surface area contributed by atoms with Gasteiger partial charge in [0.05, 0.1) is 29.4 Å². The fourth-order valence-corrected chi connectivity index (χ4v) is 5.75. The molecule has 43 heavy (non-hydrogen) atoms. The lowest BCUT2D eigenvalue weighted by Crippen LogP contribution is -2.33. The van der Waals surface area contributed by atoms with Gasteiger partial charge in [0.1, 0.15) is 5.69 Å². The molecule has 0 saturated heterocycles. The first-order valence-electron chi connectivity index (χ1n) is 15.4. The molecule has 9 heteroatoms. The number of carbonyl (C=O) groups is 2. The third kappa shape index (κ3) is 15.2. The van der Waals surface area contributed by atoms with Crippen molar-refractivity contribution in [3.8, 4) is 11.4 Å². The highest BCUT2D eigenvalue weighted by Gasteiger charge is 2.21. The number of ether oxygens (including phenoxy) is 1. The number of hydrogen-bond donors (Lipinski definition) is 2. The van der Waals surface area contributed by atoms with Gasteiger partial charge in [0, 0.05) is 11.1 Å². The van der Waals surface area contributed by atoms with Crippen LogP contribution in [0.5, 0.6) is 0 Å². The summed E-state index contributed by atoms with van der Waals surface area (Å²) in [6, 6.07) is 5.72. The molecule has 0 aliphatic heterocycles. The number of amides is 2. The molecule has 0 aliphatic rings. The molecule has 0 fully saturated rings. The van der Waals surface area contributed by atoms with E-state index < -0.39 is 0 Å². The zero-order valence-corrected chi connectivity index (χ0v) is 29.8. The first kappa shape index (κ1) is 38.5. The standard InChI is InChI=1S/C23H30N4O2S2.C11H24O/c1-7-10-18(31-19(8-2)23(4,5)6)21(29)24-13-20(28)27-22-26-17(14-30-22)16-12-9-11-15(3)25-16;1-6-9(3)8-11(5)12-10(4)7-2/h8-12,14H,7,13H2,1-6H3,(H,24,29)(H,26,27,28);9-11H,6-8H2,1-5H3/b18-10+,19-8-;. The fraction of sp³-hybridized carbons (Fsp3) is 0.588. The van der Waals surface area contributed by atoms with Crippen LogP contribution in [0.15, 0.2) is 45.5 Å². The molecule has 0 radical (unpaired) electrons. The zero-order valence-electron chi connectivity index (χ0n) is 28.2. The van der Waals surface area contributed by atoms with Gasteiger partial charge in [-0.05, 0) is 75.3 Å². The quantitative estimate of drug-likeness (QED) is 0.202. The molecule has 2 aromatic heterocycles. The lowest BCUT2D eigenvalue weighted by molar-refractivity contribution is -0.121. The summed E-state index contributed by atoms with van der Waals surface area (Å²) in [5.41, 5.74) is 2.31. The molecule has 240 valence electrons. The van der Waals surface area contributed by atoms with E-state index in [-0.39, 0.29) is 23.8 Å². The summed E-state index contributed by atoms with van der Waals surface area (Å²) < 4.78 is 5.77. The number of carbonyl (C=O) groups excluding carboxylic acids is 2. The summed E-state index contributed by atoms with van der Waals surface area (Å²) in [6.45, 7) is 23.1. The second-order valence-corrected chi connectivity index (χ2v) is 13.8.